The normalized spacial score (nSPS) is 14.7. The summed E-state index contributed by atoms with van der Waals surface area (Å²) in [5.74, 6) is 0. The number of aromatic nitrogens is 1. The molecule has 1 aliphatic carbocycles. The van der Waals surface area contributed by atoms with Crippen LogP contribution in [0.3, 0.4) is 0 Å². The van der Waals surface area contributed by atoms with Gasteiger partial charge in [-0.1, -0.05) is 62.6 Å². The number of nitrogens with one attached hydrogen (secondary N) is 1. The van der Waals surface area contributed by atoms with E-state index in [2.05, 4.69) is 78.5 Å². The highest BCUT2D eigenvalue weighted by Crippen LogP contribution is 2.39. The smallest absolute Gasteiger partial charge is 0.183 e. The summed E-state index contributed by atoms with van der Waals surface area (Å²) in [6.07, 6.45) is 8.26. The minimum Gasteiger partial charge on any atom is -0.361 e. The average Bonchev–Trinajstić information content (AvgIpc) is 3.35. The Balaban J connectivity index is 0.000000287. The summed E-state index contributed by atoms with van der Waals surface area (Å²) in [5, 5.41) is 4.42. The molecule has 1 saturated carbocycles. The van der Waals surface area contributed by atoms with E-state index in [0.29, 0.717) is 0 Å². The third kappa shape index (κ3) is 7.17. The largest absolute Gasteiger partial charge is 0.361 e. The van der Waals surface area contributed by atoms with Crippen molar-refractivity contribution in [3.05, 3.63) is 53.6 Å². The van der Waals surface area contributed by atoms with Gasteiger partial charge in [-0.25, -0.2) is 4.98 Å². The molecule has 0 bridgehead atoms. The lowest BCUT2D eigenvalue weighted by Crippen LogP contribution is -2.07. The van der Waals surface area contributed by atoms with Crippen LogP contribution in [0.2, 0.25) is 0 Å². The molecule has 0 aliphatic heterocycles. The van der Waals surface area contributed by atoms with E-state index in [4.69, 9.17) is 0 Å². The van der Waals surface area contributed by atoms with E-state index in [-0.39, 0.29) is 0 Å². The minimum atomic E-state index is 0.736. The molecule has 1 fully saturated rings. The third-order valence-corrected chi connectivity index (χ3v) is 7.16. The van der Waals surface area contributed by atoms with Crippen molar-refractivity contribution in [1.29, 1.82) is 0 Å². The molecule has 4 rings (SSSR count). The molecule has 4 heteroatoms. The van der Waals surface area contributed by atoms with Gasteiger partial charge in [0.05, 0.1) is 15.9 Å². The Hall–Kier alpha value is -2.20. The first kappa shape index (κ1) is 23.5. The number of benzene rings is 2. The fourth-order valence-corrected chi connectivity index (χ4v) is 4.99. The van der Waals surface area contributed by atoms with E-state index in [1.807, 2.05) is 13.8 Å². The van der Waals surface area contributed by atoms with Crippen LogP contribution in [0.4, 0.5) is 10.8 Å². The van der Waals surface area contributed by atoms with E-state index in [0.717, 1.165) is 40.4 Å². The molecule has 3 nitrogen and oxygen atoms in total. The molecule has 1 aliphatic rings. The fourth-order valence-electron chi connectivity index (χ4n) is 4.00. The van der Waals surface area contributed by atoms with Crippen LogP contribution in [0.15, 0.2) is 47.5 Å². The van der Waals surface area contributed by atoms with Gasteiger partial charge in [0.1, 0.15) is 0 Å². The zero-order chi connectivity index (χ0) is 22.3. The molecule has 0 amide bonds. The van der Waals surface area contributed by atoms with Gasteiger partial charge in [-0.3, -0.25) is 4.99 Å². The van der Waals surface area contributed by atoms with E-state index < -0.39 is 0 Å². The molecule has 0 radical (unpaired) electrons. The molecule has 31 heavy (non-hydrogen) atoms. The Morgan fingerprint density at radius 2 is 1.81 bits per heavy atom. The highest BCUT2D eigenvalue weighted by Gasteiger charge is 2.25. The van der Waals surface area contributed by atoms with Crippen LogP contribution in [0.25, 0.3) is 10.2 Å². The number of aliphatic imine (C=N–C) groups is 1. The molecular formula is C27H37N3S. The van der Waals surface area contributed by atoms with Gasteiger partial charge >= 0.3 is 0 Å². The Morgan fingerprint density at radius 1 is 1.10 bits per heavy atom. The lowest BCUT2D eigenvalue weighted by molar-refractivity contribution is 0.323. The molecule has 2 aromatic carbocycles. The number of hydrogen-bond acceptors (Lipinski definition) is 4. The van der Waals surface area contributed by atoms with E-state index in [1.165, 1.54) is 47.9 Å². The number of nitrogens with zero attached hydrogens (tertiary/aromatic N) is 2. The van der Waals surface area contributed by atoms with Gasteiger partial charge in [0.15, 0.2) is 5.13 Å². The Kier molecular flexibility index (Phi) is 8.25. The maximum absolute atomic E-state index is 4.62. The molecule has 0 unspecified atom stereocenters. The van der Waals surface area contributed by atoms with Crippen molar-refractivity contribution < 1.29 is 0 Å². The summed E-state index contributed by atoms with van der Waals surface area (Å²) in [5.41, 5.74) is 6.48. The minimum absolute atomic E-state index is 0.736. The lowest BCUT2D eigenvalue weighted by Gasteiger charge is -2.19. The second-order valence-electron chi connectivity index (χ2n) is 9.26. The van der Waals surface area contributed by atoms with Gasteiger partial charge < -0.3 is 5.32 Å². The molecule has 1 aromatic heterocycles. The first-order valence-corrected chi connectivity index (χ1v) is 12.4. The van der Waals surface area contributed by atoms with Crippen LogP contribution in [-0.4, -0.2) is 17.2 Å². The van der Waals surface area contributed by atoms with Crippen LogP contribution in [0.5, 0.6) is 0 Å². The SMILES string of the molecule is CC(C)=Nc1ccc(CCNc2nc3ccc(C)cc3s2)cc1.CCC1(C)CCCC1. The lowest BCUT2D eigenvalue weighted by atomic mass is 9.86. The summed E-state index contributed by atoms with van der Waals surface area (Å²) in [6, 6.07) is 14.8. The number of anilines is 1. The molecule has 0 atom stereocenters. The van der Waals surface area contributed by atoms with E-state index in [1.54, 1.807) is 11.3 Å². The van der Waals surface area contributed by atoms with E-state index in [9.17, 15) is 0 Å². The van der Waals surface area contributed by atoms with Crippen molar-refractivity contribution in [3.8, 4) is 0 Å². The molecule has 0 saturated heterocycles. The van der Waals surface area contributed by atoms with Gasteiger partial charge in [-0.15, -0.1) is 0 Å². The fraction of sp³-hybridized carbons (Fsp3) is 0.481. The van der Waals surface area contributed by atoms with E-state index >= 15 is 0 Å². The van der Waals surface area contributed by atoms with Gasteiger partial charge in [0.2, 0.25) is 0 Å². The van der Waals surface area contributed by atoms with Crippen LogP contribution in [0, 0.1) is 12.3 Å². The van der Waals surface area contributed by atoms with Gasteiger partial charge in [-0.2, -0.15) is 0 Å². The maximum Gasteiger partial charge on any atom is 0.183 e. The molecular weight excluding hydrogens is 398 g/mol. The number of fused-ring (bicyclic) bond motifs is 1. The first-order chi connectivity index (χ1) is 14.9. The summed E-state index contributed by atoms with van der Waals surface area (Å²) < 4.78 is 1.24. The summed E-state index contributed by atoms with van der Waals surface area (Å²) in [7, 11) is 0. The monoisotopic (exact) mass is 435 g/mol. The predicted molar refractivity (Wildman–Crippen MR) is 138 cm³/mol. The molecule has 1 heterocycles. The van der Waals surface area contributed by atoms with Gasteiger partial charge in [0, 0.05) is 12.3 Å². The van der Waals surface area contributed by atoms with Gasteiger partial charge in [0.25, 0.3) is 0 Å². The quantitative estimate of drug-likeness (QED) is 0.395. The molecule has 0 spiro atoms. The Bertz CT molecular complexity index is 991. The van der Waals surface area contributed by atoms with Crippen molar-refractivity contribution in [1.82, 2.24) is 4.98 Å². The van der Waals surface area contributed by atoms with Crippen LogP contribution in [0.1, 0.15) is 70.9 Å². The second-order valence-corrected chi connectivity index (χ2v) is 10.3. The maximum atomic E-state index is 4.62. The van der Waals surface area contributed by atoms with Crippen molar-refractivity contribution in [2.75, 3.05) is 11.9 Å². The predicted octanol–water partition coefficient (Wildman–Crippen LogP) is 8.35. The van der Waals surface area contributed by atoms with Crippen molar-refractivity contribution in [2.45, 2.75) is 73.1 Å². The van der Waals surface area contributed by atoms with Crippen LogP contribution >= 0.6 is 11.3 Å². The number of hydrogen-bond donors (Lipinski definition) is 1. The standard InChI is InChI=1S/C19H21N3S.C8H16/c1-13(2)21-16-7-5-15(6-8-16)10-11-20-19-22-17-9-4-14(3)12-18(17)23-19;1-3-8(2)6-4-5-7-8/h4-9,12H,10-11H2,1-3H3,(H,20,22);3-7H2,1-2H3. The third-order valence-electron chi connectivity index (χ3n) is 6.19. The Morgan fingerprint density at radius 3 is 2.42 bits per heavy atom. The summed E-state index contributed by atoms with van der Waals surface area (Å²) in [4.78, 5) is 9.07. The first-order valence-electron chi connectivity index (χ1n) is 11.6. The zero-order valence-corrected chi connectivity index (χ0v) is 20.6. The van der Waals surface area contributed by atoms with Gasteiger partial charge in [-0.05, 0) is 80.8 Å². The molecule has 166 valence electrons. The Labute approximate surface area is 192 Å². The number of aryl methyl sites for hydroxylation is 1. The van der Waals surface area contributed by atoms with Crippen LogP contribution < -0.4 is 5.32 Å². The van der Waals surface area contributed by atoms with Crippen molar-refractivity contribution >= 4 is 38.1 Å². The molecule has 3 aromatic rings. The van der Waals surface area contributed by atoms with Crippen molar-refractivity contribution in [3.63, 3.8) is 0 Å². The number of thiazole rings is 1. The van der Waals surface area contributed by atoms with Crippen molar-refractivity contribution in [2.24, 2.45) is 10.4 Å². The second kappa shape index (κ2) is 10.9. The topological polar surface area (TPSA) is 37.3 Å². The molecule has 1 N–H and O–H groups in total. The average molecular weight is 436 g/mol. The highest BCUT2D eigenvalue weighted by atomic mass is 32.1. The highest BCUT2D eigenvalue weighted by molar-refractivity contribution is 7.22. The zero-order valence-electron chi connectivity index (χ0n) is 19.8. The van der Waals surface area contributed by atoms with Crippen LogP contribution in [-0.2, 0) is 6.42 Å². The summed E-state index contributed by atoms with van der Waals surface area (Å²) in [6.45, 7) is 11.7. The summed E-state index contributed by atoms with van der Waals surface area (Å²) >= 11 is 1.72. The number of rotatable bonds is 6.